The quantitative estimate of drug-likeness (QED) is 0.900. The maximum atomic E-state index is 12.5. The molecule has 2 fully saturated rings. The van der Waals surface area contributed by atoms with Gasteiger partial charge in [-0.05, 0) is 51.0 Å². The van der Waals surface area contributed by atoms with Crippen LogP contribution < -0.4 is 10.5 Å². The molecule has 1 saturated heterocycles. The molecular formula is C21H26N4O2. The summed E-state index contributed by atoms with van der Waals surface area (Å²) in [6, 6.07) is 4.09. The molecule has 0 bridgehead atoms. The maximum Gasteiger partial charge on any atom is 0.268 e. The van der Waals surface area contributed by atoms with Gasteiger partial charge in [0.05, 0.1) is 23.1 Å². The number of hydrogen-bond acceptors (Lipinski definition) is 5. The minimum atomic E-state index is -0.549. The number of nitrogens with zero attached hydrogens (tertiary/aromatic N) is 3. The van der Waals surface area contributed by atoms with Gasteiger partial charge < -0.3 is 14.6 Å². The number of nitrogens with one attached hydrogen (secondary N) is 1. The number of fused-ring (bicyclic) bond motifs is 1. The molecule has 2 aliphatic rings. The summed E-state index contributed by atoms with van der Waals surface area (Å²) in [5, 5.41) is 10.6. The fourth-order valence-corrected chi connectivity index (χ4v) is 4.43. The second-order valence-corrected chi connectivity index (χ2v) is 8.46. The molecule has 0 atom stereocenters. The van der Waals surface area contributed by atoms with Crippen molar-refractivity contribution in [2.24, 2.45) is 5.41 Å². The summed E-state index contributed by atoms with van der Waals surface area (Å²) in [6.07, 6.45) is 7.91. The van der Waals surface area contributed by atoms with Crippen LogP contribution in [0.2, 0.25) is 0 Å². The van der Waals surface area contributed by atoms with Gasteiger partial charge in [0.25, 0.3) is 5.56 Å². The Bertz CT molecular complexity index is 972. The van der Waals surface area contributed by atoms with E-state index in [1.54, 1.807) is 13.3 Å². The van der Waals surface area contributed by atoms with E-state index in [1.165, 1.54) is 19.3 Å². The molecule has 27 heavy (non-hydrogen) atoms. The van der Waals surface area contributed by atoms with Crippen molar-refractivity contribution in [2.45, 2.75) is 51.6 Å². The van der Waals surface area contributed by atoms with Crippen LogP contribution in [0.4, 0.5) is 5.69 Å². The SMILES string of the molecule is COC(C)(C)c1cc2c(N3CCC4(CCC4)CC3)c(C#N)c(=O)[nH]c2cn1. The first-order chi connectivity index (χ1) is 12.9. The first-order valence-corrected chi connectivity index (χ1v) is 9.66. The van der Waals surface area contributed by atoms with Gasteiger partial charge in [0.15, 0.2) is 0 Å². The molecule has 1 saturated carbocycles. The number of rotatable bonds is 3. The molecule has 4 rings (SSSR count). The molecule has 1 N–H and O–H groups in total. The first kappa shape index (κ1) is 18.0. The number of ether oxygens (including phenoxy) is 1. The summed E-state index contributed by atoms with van der Waals surface area (Å²) in [5.74, 6) is 0. The third-order valence-corrected chi connectivity index (χ3v) is 6.66. The van der Waals surface area contributed by atoms with Crippen LogP contribution in [0.15, 0.2) is 17.1 Å². The predicted octanol–water partition coefficient (Wildman–Crippen LogP) is 3.45. The molecule has 0 unspecified atom stereocenters. The summed E-state index contributed by atoms with van der Waals surface area (Å²) in [6.45, 7) is 5.69. The number of methoxy groups -OCH3 is 1. The highest BCUT2D eigenvalue weighted by atomic mass is 16.5. The summed E-state index contributed by atoms with van der Waals surface area (Å²) < 4.78 is 5.57. The minimum absolute atomic E-state index is 0.194. The Morgan fingerprint density at radius 2 is 2.00 bits per heavy atom. The Hall–Kier alpha value is -2.39. The number of H-pyrrole nitrogens is 1. The topological polar surface area (TPSA) is 82.0 Å². The van der Waals surface area contributed by atoms with Gasteiger partial charge in [-0.3, -0.25) is 9.78 Å². The van der Waals surface area contributed by atoms with Gasteiger partial charge in [-0.25, -0.2) is 0 Å². The van der Waals surface area contributed by atoms with Gasteiger partial charge in [0.2, 0.25) is 0 Å². The van der Waals surface area contributed by atoms with E-state index in [0.717, 1.165) is 42.7 Å². The van der Waals surface area contributed by atoms with E-state index in [1.807, 2.05) is 19.9 Å². The van der Waals surface area contributed by atoms with Crippen LogP contribution in [0.25, 0.3) is 10.9 Å². The second kappa shape index (κ2) is 6.35. The van der Waals surface area contributed by atoms with E-state index in [-0.39, 0.29) is 11.1 Å². The van der Waals surface area contributed by atoms with E-state index < -0.39 is 5.60 Å². The van der Waals surface area contributed by atoms with Gasteiger partial charge in [-0.15, -0.1) is 0 Å². The van der Waals surface area contributed by atoms with Crippen LogP contribution in [0.5, 0.6) is 0 Å². The van der Waals surface area contributed by atoms with Crippen molar-refractivity contribution in [3.63, 3.8) is 0 Å². The van der Waals surface area contributed by atoms with Crippen LogP contribution in [0.3, 0.4) is 0 Å². The van der Waals surface area contributed by atoms with Gasteiger partial charge in [-0.2, -0.15) is 5.26 Å². The second-order valence-electron chi connectivity index (χ2n) is 8.46. The Kier molecular flexibility index (Phi) is 4.23. The Balaban J connectivity index is 1.84. The highest BCUT2D eigenvalue weighted by Crippen LogP contribution is 2.49. The minimum Gasteiger partial charge on any atom is -0.373 e. The monoisotopic (exact) mass is 366 g/mol. The molecule has 3 heterocycles. The highest BCUT2D eigenvalue weighted by molar-refractivity contribution is 5.94. The molecule has 6 nitrogen and oxygen atoms in total. The normalized spacial score (nSPS) is 19.1. The van der Waals surface area contributed by atoms with E-state index in [9.17, 15) is 10.1 Å². The Morgan fingerprint density at radius 3 is 2.56 bits per heavy atom. The lowest BCUT2D eigenvalue weighted by Crippen LogP contribution is -2.44. The van der Waals surface area contributed by atoms with Gasteiger partial charge in [0.1, 0.15) is 17.2 Å². The number of aromatic amines is 1. The molecule has 0 aromatic carbocycles. The number of aromatic nitrogens is 2. The van der Waals surface area contributed by atoms with E-state index in [4.69, 9.17) is 4.74 Å². The molecule has 6 heteroatoms. The number of anilines is 1. The molecule has 0 radical (unpaired) electrons. The molecule has 0 amide bonds. The third-order valence-electron chi connectivity index (χ3n) is 6.66. The average Bonchev–Trinajstić information content (AvgIpc) is 2.65. The molecule has 1 aliphatic carbocycles. The molecule has 1 aliphatic heterocycles. The van der Waals surface area contributed by atoms with E-state index >= 15 is 0 Å². The van der Waals surface area contributed by atoms with Crippen molar-refractivity contribution < 1.29 is 4.74 Å². The smallest absolute Gasteiger partial charge is 0.268 e. The van der Waals surface area contributed by atoms with Gasteiger partial charge >= 0.3 is 0 Å². The summed E-state index contributed by atoms with van der Waals surface area (Å²) in [5.41, 5.74) is 2.00. The third kappa shape index (κ3) is 2.90. The van der Waals surface area contributed by atoms with Gasteiger partial charge in [-0.1, -0.05) is 6.42 Å². The zero-order valence-electron chi connectivity index (χ0n) is 16.3. The van der Waals surface area contributed by atoms with Crippen molar-refractivity contribution in [1.82, 2.24) is 9.97 Å². The lowest BCUT2D eigenvalue weighted by molar-refractivity contribution is 0.0156. The van der Waals surface area contributed by atoms with Crippen molar-refractivity contribution in [1.29, 1.82) is 5.26 Å². The van der Waals surface area contributed by atoms with Crippen molar-refractivity contribution in [3.8, 4) is 6.07 Å². The van der Waals surface area contributed by atoms with Crippen LogP contribution in [-0.4, -0.2) is 30.2 Å². The van der Waals surface area contributed by atoms with Crippen LogP contribution in [-0.2, 0) is 10.3 Å². The van der Waals surface area contributed by atoms with Crippen LogP contribution in [0.1, 0.15) is 57.2 Å². The van der Waals surface area contributed by atoms with E-state index in [0.29, 0.717) is 10.9 Å². The standard InChI is InChI=1S/C21H26N4O2/c1-20(2,27-3)17-11-14-16(13-23-17)24-19(26)15(12-22)18(14)25-9-7-21(8-10-25)5-4-6-21/h11,13H,4-10H2,1-3H3,(H,24,26). The fourth-order valence-electron chi connectivity index (χ4n) is 4.43. The maximum absolute atomic E-state index is 12.5. The lowest BCUT2D eigenvalue weighted by Gasteiger charge is -2.48. The first-order valence-electron chi connectivity index (χ1n) is 9.66. The van der Waals surface area contributed by atoms with Crippen molar-refractivity contribution in [2.75, 3.05) is 25.1 Å². The molecule has 2 aromatic heterocycles. The molecule has 2 aromatic rings. The number of nitriles is 1. The molecule has 142 valence electrons. The summed E-state index contributed by atoms with van der Waals surface area (Å²) in [7, 11) is 1.66. The average molecular weight is 366 g/mol. The Labute approximate surface area is 159 Å². The van der Waals surface area contributed by atoms with Crippen molar-refractivity contribution in [3.05, 3.63) is 33.9 Å². The predicted molar refractivity (Wildman–Crippen MR) is 105 cm³/mol. The van der Waals surface area contributed by atoms with Crippen LogP contribution in [0, 0.1) is 16.7 Å². The largest absolute Gasteiger partial charge is 0.373 e. The number of pyridine rings is 2. The zero-order chi connectivity index (χ0) is 19.2. The van der Waals surface area contributed by atoms with Gasteiger partial charge in [0, 0.05) is 25.6 Å². The molecule has 1 spiro atoms. The summed E-state index contributed by atoms with van der Waals surface area (Å²) >= 11 is 0. The van der Waals surface area contributed by atoms with Crippen LogP contribution >= 0.6 is 0 Å². The fraction of sp³-hybridized carbons (Fsp3) is 0.571. The lowest BCUT2D eigenvalue weighted by atomic mass is 9.63. The highest BCUT2D eigenvalue weighted by Gasteiger charge is 2.40. The number of hydrogen-bond donors (Lipinski definition) is 1. The Morgan fingerprint density at radius 1 is 1.30 bits per heavy atom. The summed E-state index contributed by atoms with van der Waals surface area (Å²) in [4.78, 5) is 22.0. The van der Waals surface area contributed by atoms with Crippen molar-refractivity contribution >= 4 is 16.6 Å². The molecular weight excluding hydrogens is 340 g/mol. The number of piperidine rings is 1. The zero-order valence-corrected chi connectivity index (χ0v) is 16.3. The van der Waals surface area contributed by atoms with E-state index in [2.05, 4.69) is 20.9 Å².